The molecule has 0 spiro atoms. The van der Waals surface area contributed by atoms with Crippen molar-refractivity contribution in [3.63, 3.8) is 0 Å². The van der Waals surface area contributed by atoms with Crippen molar-refractivity contribution in [2.45, 2.75) is 73.0 Å². The first-order chi connectivity index (χ1) is 22.8. The second kappa shape index (κ2) is 20.0. The van der Waals surface area contributed by atoms with Crippen LogP contribution in [0, 0.1) is 0 Å². The maximum absolute atomic E-state index is 13.3. The molecule has 1 unspecified atom stereocenters. The van der Waals surface area contributed by atoms with Crippen LogP contribution in [0.3, 0.4) is 0 Å². The monoisotopic (exact) mass is 829 g/mol. The molecule has 0 heterocycles. The number of carbonyl (C=O) groups excluding carboxylic acids is 2. The topological polar surface area (TPSA) is 122 Å². The Bertz CT molecular complexity index is 1560. The quantitative estimate of drug-likeness (QED) is 0.102. The first-order valence-electron chi connectivity index (χ1n) is 15.9. The van der Waals surface area contributed by atoms with Crippen LogP contribution in [-0.2, 0) is 22.4 Å². The number of esters is 2. The highest BCUT2D eigenvalue weighted by Gasteiger charge is 2.22. The Balaban J connectivity index is 0.00000833. The van der Waals surface area contributed by atoms with Crippen LogP contribution in [0.25, 0.3) is 0 Å². The molecule has 270 valence electrons. The van der Waals surface area contributed by atoms with Crippen LogP contribution in [0.1, 0.15) is 71.3 Å². The molecule has 1 atom stereocenters. The Labute approximate surface area is 311 Å². The summed E-state index contributed by atoms with van der Waals surface area (Å²) in [6, 6.07) is 11.6. The number of aliphatic hydroxyl groups is 1. The van der Waals surface area contributed by atoms with Crippen LogP contribution in [0.4, 0.5) is 0 Å². The van der Waals surface area contributed by atoms with E-state index in [0.29, 0.717) is 75.1 Å². The van der Waals surface area contributed by atoms with Gasteiger partial charge in [0.25, 0.3) is 0 Å². The van der Waals surface area contributed by atoms with Crippen LogP contribution >= 0.6 is 44.3 Å². The van der Waals surface area contributed by atoms with Gasteiger partial charge in [0, 0.05) is 21.0 Å². The van der Waals surface area contributed by atoms with E-state index in [1.165, 1.54) is 12.1 Å². The molecule has 0 radical (unpaired) electrons. The smallest absolute Gasteiger partial charge is 0.315 e. The van der Waals surface area contributed by atoms with Gasteiger partial charge in [-0.25, -0.2) is 0 Å². The van der Waals surface area contributed by atoms with Gasteiger partial charge in [-0.2, -0.15) is 0 Å². The Morgan fingerprint density at radius 3 is 1.49 bits per heavy atom. The van der Waals surface area contributed by atoms with Gasteiger partial charge in [-0.15, -0.1) is 12.4 Å². The number of carbonyl (C=O) groups is 2. The molecule has 0 aliphatic heterocycles. The van der Waals surface area contributed by atoms with Crippen LogP contribution in [0.5, 0.6) is 34.5 Å². The van der Waals surface area contributed by atoms with E-state index in [4.69, 9.17) is 28.4 Å². The zero-order valence-electron chi connectivity index (χ0n) is 28.9. The summed E-state index contributed by atoms with van der Waals surface area (Å²) in [7, 11) is 0. The third-order valence-electron chi connectivity index (χ3n) is 6.72. The SMILES string of the molecule is CCOc1cc(Br)c(CC(=O)Oc2ccc(C(O)CNC(C)(C)C)cc2OC(=O)Cc2cc(OCC)c(OCC)cc2Br)cc1OCC.Cl. The molecule has 0 saturated carbocycles. The van der Waals surface area contributed by atoms with Crippen molar-refractivity contribution in [1.29, 1.82) is 0 Å². The molecule has 10 nitrogen and oxygen atoms in total. The van der Waals surface area contributed by atoms with E-state index in [1.54, 1.807) is 30.3 Å². The molecule has 13 heteroatoms. The van der Waals surface area contributed by atoms with E-state index in [-0.39, 0.29) is 48.8 Å². The number of aliphatic hydroxyl groups excluding tert-OH is 1. The average molecular weight is 832 g/mol. The van der Waals surface area contributed by atoms with E-state index in [0.717, 1.165) is 0 Å². The predicted molar refractivity (Wildman–Crippen MR) is 198 cm³/mol. The first-order valence-corrected chi connectivity index (χ1v) is 17.5. The predicted octanol–water partition coefficient (Wildman–Crippen LogP) is 7.95. The molecule has 0 fully saturated rings. The zero-order valence-corrected chi connectivity index (χ0v) is 32.9. The molecule has 0 amide bonds. The maximum Gasteiger partial charge on any atom is 0.315 e. The summed E-state index contributed by atoms with van der Waals surface area (Å²) < 4.78 is 35.6. The molecular formula is C36H46Br2ClNO9. The van der Waals surface area contributed by atoms with Gasteiger partial charge < -0.3 is 38.8 Å². The second-order valence-electron chi connectivity index (χ2n) is 11.7. The molecule has 0 aromatic heterocycles. The number of ether oxygens (including phenoxy) is 6. The molecule has 0 bridgehead atoms. The Hall–Kier alpha value is -3.03. The van der Waals surface area contributed by atoms with Crippen LogP contribution in [0.2, 0.25) is 0 Å². The summed E-state index contributed by atoms with van der Waals surface area (Å²) in [5.74, 6) is 0.928. The Kier molecular flexibility index (Phi) is 17.2. The second-order valence-corrected chi connectivity index (χ2v) is 13.4. The summed E-state index contributed by atoms with van der Waals surface area (Å²) in [5, 5.41) is 14.2. The van der Waals surface area contributed by atoms with Gasteiger partial charge in [0.1, 0.15) is 0 Å². The van der Waals surface area contributed by atoms with E-state index < -0.39 is 18.0 Å². The normalized spacial score (nSPS) is 11.6. The molecule has 2 N–H and O–H groups in total. The Morgan fingerprint density at radius 2 is 1.08 bits per heavy atom. The molecule has 3 rings (SSSR count). The van der Waals surface area contributed by atoms with Gasteiger partial charge in [0.15, 0.2) is 34.5 Å². The highest BCUT2D eigenvalue weighted by atomic mass is 79.9. The fourth-order valence-corrected chi connectivity index (χ4v) is 5.47. The summed E-state index contributed by atoms with van der Waals surface area (Å²) in [4.78, 5) is 26.6. The van der Waals surface area contributed by atoms with Gasteiger partial charge in [-0.3, -0.25) is 9.59 Å². The number of nitrogens with one attached hydrogen (secondary N) is 1. The minimum absolute atomic E-state index is 0. The third kappa shape index (κ3) is 13.0. The summed E-state index contributed by atoms with van der Waals surface area (Å²) >= 11 is 7.03. The molecule has 0 aliphatic carbocycles. The third-order valence-corrected chi connectivity index (χ3v) is 8.20. The summed E-state index contributed by atoms with van der Waals surface area (Å²) in [6.07, 6.45) is -1.16. The standard InChI is InChI=1S/C36H45Br2NO9.ClH/c1-8-43-29-15-23(25(37)19-31(29)45-10-3)17-34(41)47-28-13-12-22(27(40)21-39-36(5,6)7)14-33(28)48-35(42)18-24-16-30(44-9-2)32(46-11-4)20-26(24)38;/h12-16,19-20,27,39-40H,8-11,17-18,21H2,1-7H3;1H. The lowest BCUT2D eigenvalue weighted by molar-refractivity contribution is -0.136. The number of β-amino-alcohol motifs (C(OH)–C–C–N with tert-alkyl or cyclic N) is 1. The van der Waals surface area contributed by atoms with Crippen LogP contribution in [-0.4, -0.2) is 55.6 Å². The highest BCUT2D eigenvalue weighted by molar-refractivity contribution is 9.10. The van der Waals surface area contributed by atoms with Crippen molar-refractivity contribution in [3.8, 4) is 34.5 Å². The van der Waals surface area contributed by atoms with E-state index in [2.05, 4.69) is 37.2 Å². The van der Waals surface area contributed by atoms with Gasteiger partial charge in [-0.1, -0.05) is 37.9 Å². The number of rotatable bonds is 17. The summed E-state index contributed by atoms with van der Waals surface area (Å²) in [6.45, 7) is 15.4. The van der Waals surface area contributed by atoms with Gasteiger partial charge in [-0.05, 0) is 102 Å². The van der Waals surface area contributed by atoms with Crippen molar-refractivity contribution in [2.75, 3.05) is 33.0 Å². The first kappa shape index (κ1) is 42.1. The maximum atomic E-state index is 13.3. The van der Waals surface area contributed by atoms with Crippen molar-refractivity contribution in [1.82, 2.24) is 5.32 Å². The minimum Gasteiger partial charge on any atom is -0.490 e. The van der Waals surface area contributed by atoms with E-state index in [9.17, 15) is 14.7 Å². The van der Waals surface area contributed by atoms with E-state index >= 15 is 0 Å². The molecule has 3 aromatic rings. The molecule has 49 heavy (non-hydrogen) atoms. The molecule has 3 aromatic carbocycles. The van der Waals surface area contributed by atoms with E-state index in [1.807, 2.05) is 48.5 Å². The van der Waals surface area contributed by atoms with Gasteiger partial charge in [0.2, 0.25) is 0 Å². The fraction of sp³-hybridized carbons (Fsp3) is 0.444. The fourth-order valence-electron chi connectivity index (χ4n) is 4.54. The van der Waals surface area contributed by atoms with Gasteiger partial charge >= 0.3 is 11.9 Å². The van der Waals surface area contributed by atoms with Crippen LogP contribution in [0.15, 0.2) is 51.4 Å². The van der Waals surface area contributed by atoms with Crippen molar-refractivity contribution in [2.24, 2.45) is 0 Å². The minimum atomic E-state index is -0.919. The number of hydrogen-bond acceptors (Lipinski definition) is 10. The molecule has 0 aliphatic rings. The number of benzene rings is 3. The Morgan fingerprint density at radius 1 is 0.673 bits per heavy atom. The largest absolute Gasteiger partial charge is 0.490 e. The molecular weight excluding hydrogens is 786 g/mol. The van der Waals surface area contributed by atoms with Crippen molar-refractivity contribution in [3.05, 3.63) is 68.1 Å². The van der Waals surface area contributed by atoms with Crippen molar-refractivity contribution >= 4 is 56.2 Å². The van der Waals surface area contributed by atoms with Gasteiger partial charge in [0.05, 0.1) is 45.4 Å². The lowest BCUT2D eigenvalue weighted by Crippen LogP contribution is -2.38. The van der Waals surface area contributed by atoms with Crippen molar-refractivity contribution < 1.29 is 43.1 Å². The number of hydrogen-bond donors (Lipinski definition) is 2. The summed E-state index contributed by atoms with van der Waals surface area (Å²) in [5.41, 5.74) is 1.48. The molecule has 0 saturated heterocycles. The lowest BCUT2D eigenvalue weighted by atomic mass is 10.1. The average Bonchev–Trinajstić information content (AvgIpc) is 3.01. The lowest BCUT2D eigenvalue weighted by Gasteiger charge is -2.23. The zero-order chi connectivity index (χ0) is 35.4. The highest BCUT2D eigenvalue weighted by Crippen LogP contribution is 2.37. The van der Waals surface area contributed by atoms with Crippen LogP contribution < -0.4 is 33.7 Å². The number of halogens is 3.